The monoisotopic (exact) mass is 410 g/mol. The first-order valence-electron chi connectivity index (χ1n) is 9.23. The molecule has 0 radical (unpaired) electrons. The van der Waals surface area contributed by atoms with Crippen LogP contribution in [0, 0.1) is 5.82 Å². The van der Waals surface area contributed by atoms with Gasteiger partial charge in [-0.2, -0.15) is 5.10 Å². The highest BCUT2D eigenvalue weighted by Crippen LogP contribution is 2.34. The summed E-state index contributed by atoms with van der Waals surface area (Å²) < 4.78 is 15.7. The molecule has 29 heavy (non-hydrogen) atoms. The van der Waals surface area contributed by atoms with E-state index in [2.05, 4.69) is 10.4 Å². The van der Waals surface area contributed by atoms with E-state index in [4.69, 9.17) is 0 Å². The van der Waals surface area contributed by atoms with Crippen molar-refractivity contribution in [3.63, 3.8) is 0 Å². The van der Waals surface area contributed by atoms with Crippen LogP contribution < -0.4 is 10.2 Å². The highest BCUT2D eigenvalue weighted by molar-refractivity contribution is 7.99. The highest BCUT2D eigenvalue weighted by Gasteiger charge is 2.23. The smallest absolute Gasteiger partial charge is 0.227 e. The van der Waals surface area contributed by atoms with Gasteiger partial charge in [-0.25, -0.2) is 9.07 Å². The molecule has 0 aliphatic carbocycles. The van der Waals surface area contributed by atoms with Crippen LogP contribution in [0.15, 0.2) is 65.8 Å². The molecule has 2 heterocycles. The fourth-order valence-corrected chi connectivity index (χ4v) is 4.18. The Hall–Kier alpha value is -3.13. The lowest BCUT2D eigenvalue weighted by molar-refractivity contribution is -0.122. The van der Waals surface area contributed by atoms with Crippen LogP contribution in [0.4, 0.5) is 15.8 Å². The van der Waals surface area contributed by atoms with Crippen LogP contribution in [0.1, 0.15) is 12.8 Å². The van der Waals surface area contributed by atoms with Crippen molar-refractivity contribution in [3.8, 4) is 5.69 Å². The SMILES string of the molecule is O=C(CCC(=O)N1CCSc2ccccc21)Nc1ccc(-n2cccn2)c(F)c1. The predicted molar refractivity (Wildman–Crippen MR) is 111 cm³/mol. The molecule has 2 amide bonds. The topological polar surface area (TPSA) is 67.2 Å². The molecule has 0 unspecified atom stereocenters. The number of rotatable bonds is 5. The quantitative estimate of drug-likeness (QED) is 0.693. The Morgan fingerprint density at radius 1 is 1.10 bits per heavy atom. The van der Waals surface area contributed by atoms with Gasteiger partial charge >= 0.3 is 0 Å². The van der Waals surface area contributed by atoms with E-state index >= 15 is 0 Å². The van der Waals surface area contributed by atoms with Crippen LogP contribution in [0.3, 0.4) is 0 Å². The second-order valence-corrected chi connectivity index (χ2v) is 7.66. The molecule has 1 aromatic heterocycles. The summed E-state index contributed by atoms with van der Waals surface area (Å²) in [6.45, 7) is 0.627. The fraction of sp³-hybridized carbons (Fsp3) is 0.190. The molecule has 1 aliphatic rings. The number of nitrogens with zero attached hydrogens (tertiary/aromatic N) is 3. The highest BCUT2D eigenvalue weighted by atomic mass is 32.2. The van der Waals surface area contributed by atoms with Gasteiger partial charge in [0.15, 0.2) is 5.82 Å². The van der Waals surface area contributed by atoms with E-state index in [1.54, 1.807) is 47.3 Å². The molecule has 1 aliphatic heterocycles. The number of halogens is 1. The summed E-state index contributed by atoms with van der Waals surface area (Å²) in [6.07, 6.45) is 3.33. The summed E-state index contributed by atoms with van der Waals surface area (Å²) in [5.74, 6) is -0.0843. The van der Waals surface area contributed by atoms with E-state index in [1.807, 2.05) is 24.3 Å². The first-order valence-corrected chi connectivity index (χ1v) is 10.2. The fourth-order valence-electron chi connectivity index (χ4n) is 3.19. The summed E-state index contributed by atoms with van der Waals surface area (Å²) in [4.78, 5) is 27.7. The molecule has 6 nitrogen and oxygen atoms in total. The molecule has 0 saturated heterocycles. The molecular formula is C21H19FN4O2S. The number of amides is 2. The summed E-state index contributed by atoms with van der Waals surface area (Å²) >= 11 is 1.72. The Balaban J connectivity index is 1.35. The number of thioether (sulfide) groups is 1. The van der Waals surface area contributed by atoms with Gasteiger partial charge in [-0.15, -0.1) is 11.8 Å². The van der Waals surface area contributed by atoms with Crippen molar-refractivity contribution in [1.82, 2.24) is 9.78 Å². The predicted octanol–water partition coefficient (Wildman–Crippen LogP) is 3.87. The van der Waals surface area contributed by atoms with E-state index in [0.29, 0.717) is 17.9 Å². The first kappa shape index (κ1) is 19.2. The van der Waals surface area contributed by atoms with Crippen LogP contribution in [0.2, 0.25) is 0 Å². The number of para-hydroxylation sites is 1. The summed E-state index contributed by atoms with van der Waals surface area (Å²) in [5, 5.41) is 6.64. The van der Waals surface area contributed by atoms with E-state index in [9.17, 15) is 14.0 Å². The van der Waals surface area contributed by atoms with E-state index in [-0.39, 0.29) is 24.7 Å². The lowest BCUT2D eigenvalue weighted by Crippen LogP contribution is -2.35. The van der Waals surface area contributed by atoms with Crippen molar-refractivity contribution >= 4 is 35.0 Å². The van der Waals surface area contributed by atoms with Gasteiger partial charge in [-0.3, -0.25) is 9.59 Å². The Bertz CT molecular complexity index is 1040. The van der Waals surface area contributed by atoms with Crippen LogP contribution in [0.5, 0.6) is 0 Å². The molecule has 0 atom stereocenters. The largest absolute Gasteiger partial charge is 0.326 e. The third-order valence-corrected chi connectivity index (χ3v) is 5.62. The minimum atomic E-state index is -0.495. The van der Waals surface area contributed by atoms with Gasteiger partial charge in [-0.05, 0) is 36.4 Å². The average Bonchev–Trinajstić information content (AvgIpc) is 3.26. The number of benzene rings is 2. The molecule has 0 spiro atoms. The minimum absolute atomic E-state index is 0.0349. The molecule has 8 heteroatoms. The maximum absolute atomic E-state index is 14.3. The Labute approximate surface area is 171 Å². The summed E-state index contributed by atoms with van der Waals surface area (Å²) in [7, 11) is 0. The third kappa shape index (κ3) is 4.32. The number of nitrogens with one attached hydrogen (secondary N) is 1. The van der Waals surface area contributed by atoms with Crippen molar-refractivity contribution in [2.45, 2.75) is 17.7 Å². The number of hydrogen-bond donors (Lipinski definition) is 1. The van der Waals surface area contributed by atoms with E-state index in [0.717, 1.165) is 16.3 Å². The van der Waals surface area contributed by atoms with Crippen molar-refractivity contribution in [2.24, 2.45) is 0 Å². The molecular weight excluding hydrogens is 391 g/mol. The molecule has 0 saturated carbocycles. The molecule has 0 fully saturated rings. The van der Waals surface area contributed by atoms with Crippen LogP contribution >= 0.6 is 11.8 Å². The molecule has 0 bridgehead atoms. The van der Waals surface area contributed by atoms with Gasteiger partial charge in [0.05, 0.1) is 5.69 Å². The second-order valence-electron chi connectivity index (χ2n) is 6.53. The van der Waals surface area contributed by atoms with E-state index in [1.165, 1.54) is 10.7 Å². The Morgan fingerprint density at radius 2 is 1.97 bits per heavy atom. The van der Waals surface area contributed by atoms with Gasteiger partial charge in [0.1, 0.15) is 5.69 Å². The van der Waals surface area contributed by atoms with Crippen molar-refractivity contribution < 1.29 is 14.0 Å². The number of carbonyl (C=O) groups is 2. The molecule has 3 aromatic rings. The minimum Gasteiger partial charge on any atom is -0.326 e. The molecule has 2 aromatic carbocycles. The average molecular weight is 410 g/mol. The van der Waals surface area contributed by atoms with Crippen molar-refractivity contribution in [3.05, 3.63) is 66.7 Å². The third-order valence-electron chi connectivity index (χ3n) is 4.58. The van der Waals surface area contributed by atoms with Crippen LogP contribution in [0.25, 0.3) is 5.69 Å². The second kappa shape index (κ2) is 8.48. The molecule has 4 rings (SSSR count). The Morgan fingerprint density at radius 3 is 2.76 bits per heavy atom. The van der Waals surface area contributed by atoms with Gasteiger partial charge in [0.25, 0.3) is 0 Å². The van der Waals surface area contributed by atoms with Gasteiger partial charge in [0, 0.05) is 48.1 Å². The van der Waals surface area contributed by atoms with Gasteiger partial charge < -0.3 is 10.2 Å². The van der Waals surface area contributed by atoms with Crippen molar-refractivity contribution in [2.75, 3.05) is 22.5 Å². The number of hydrogen-bond acceptors (Lipinski definition) is 4. The summed E-state index contributed by atoms with van der Waals surface area (Å²) in [6, 6.07) is 13.9. The number of anilines is 2. The normalized spacial score (nSPS) is 13.1. The molecule has 148 valence electrons. The number of fused-ring (bicyclic) bond motifs is 1. The number of aromatic nitrogens is 2. The maximum atomic E-state index is 14.3. The first-order chi connectivity index (χ1) is 14.1. The van der Waals surface area contributed by atoms with Gasteiger partial charge in [0.2, 0.25) is 11.8 Å². The zero-order chi connectivity index (χ0) is 20.2. The lowest BCUT2D eigenvalue weighted by atomic mass is 10.2. The van der Waals surface area contributed by atoms with Crippen LogP contribution in [-0.2, 0) is 9.59 Å². The van der Waals surface area contributed by atoms with E-state index < -0.39 is 5.82 Å². The zero-order valence-corrected chi connectivity index (χ0v) is 16.4. The standard InChI is InChI=1S/C21H19FN4O2S/c22-16-14-15(6-7-17(16)26-11-3-10-23-26)24-20(27)8-9-21(28)25-12-13-29-19-5-2-1-4-18(19)25/h1-7,10-11,14H,8-9,12-13H2,(H,24,27). The Kier molecular flexibility index (Phi) is 5.62. The number of carbonyl (C=O) groups excluding carboxylic acids is 2. The summed E-state index contributed by atoms with van der Waals surface area (Å²) in [5.41, 5.74) is 1.53. The van der Waals surface area contributed by atoms with Crippen molar-refractivity contribution in [1.29, 1.82) is 0 Å². The lowest BCUT2D eigenvalue weighted by Gasteiger charge is -2.29. The zero-order valence-electron chi connectivity index (χ0n) is 15.5. The van der Waals surface area contributed by atoms with Crippen LogP contribution in [-0.4, -0.2) is 33.9 Å². The van der Waals surface area contributed by atoms with Gasteiger partial charge in [-0.1, -0.05) is 12.1 Å². The maximum Gasteiger partial charge on any atom is 0.227 e. The molecule has 1 N–H and O–H groups in total.